The largest absolute Gasteiger partial charge is 0.391 e. The van der Waals surface area contributed by atoms with E-state index in [1.54, 1.807) is 25.9 Å². The number of rotatable bonds is 7. The highest BCUT2D eigenvalue weighted by atomic mass is 32.2. The number of hydrogen-bond acceptors (Lipinski definition) is 3. The van der Waals surface area contributed by atoms with Crippen molar-refractivity contribution in [3.05, 3.63) is 30.3 Å². The molecule has 0 bridgehead atoms. The van der Waals surface area contributed by atoms with Crippen LogP contribution in [-0.4, -0.2) is 61.9 Å². The van der Waals surface area contributed by atoms with Crippen molar-refractivity contribution < 1.29 is 18.0 Å². The summed E-state index contributed by atoms with van der Waals surface area (Å²) in [5.74, 6) is -0.294. The topological polar surface area (TPSA) is 56.7 Å². The fraction of sp³-hybridized carbons (Fsp3) is 0.600. The Morgan fingerprint density at radius 3 is 2.62 bits per heavy atom. The Morgan fingerprint density at radius 2 is 1.97 bits per heavy atom. The molecule has 29 heavy (non-hydrogen) atoms. The van der Waals surface area contributed by atoms with Crippen molar-refractivity contribution in [3.63, 3.8) is 0 Å². The first kappa shape index (κ1) is 23.4. The second-order valence-corrected chi connectivity index (χ2v) is 8.46. The summed E-state index contributed by atoms with van der Waals surface area (Å²) in [7, 11) is 3.29. The predicted octanol–water partition coefficient (Wildman–Crippen LogP) is 3.52. The van der Waals surface area contributed by atoms with Gasteiger partial charge in [-0.3, -0.25) is 4.79 Å². The third-order valence-corrected chi connectivity index (χ3v) is 5.77. The maximum absolute atomic E-state index is 13.1. The number of benzene rings is 1. The lowest BCUT2D eigenvalue weighted by molar-refractivity contribution is -0.183. The van der Waals surface area contributed by atoms with E-state index in [1.165, 1.54) is 4.90 Å². The summed E-state index contributed by atoms with van der Waals surface area (Å²) < 4.78 is 39.2. The first-order chi connectivity index (χ1) is 13.8. The molecule has 0 aromatic heterocycles. The van der Waals surface area contributed by atoms with E-state index in [0.29, 0.717) is 25.3 Å². The lowest BCUT2D eigenvalue weighted by atomic mass is 9.85. The van der Waals surface area contributed by atoms with Crippen LogP contribution in [0.15, 0.2) is 40.2 Å². The second-order valence-electron chi connectivity index (χ2n) is 7.29. The van der Waals surface area contributed by atoms with E-state index in [4.69, 9.17) is 0 Å². The Labute approximate surface area is 174 Å². The third-order valence-electron chi connectivity index (χ3n) is 4.76. The van der Waals surface area contributed by atoms with Gasteiger partial charge in [-0.25, -0.2) is 4.99 Å². The Bertz CT molecular complexity index is 667. The Hall–Kier alpha value is -1.90. The molecule has 1 saturated carbocycles. The van der Waals surface area contributed by atoms with Crippen molar-refractivity contribution in [2.24, 2.45) is 10.9 Å². The fourth-order valence-electron chi connectivity index (χ4n) is 3.11. The van der Waals surface area contributed by atoms with Gasteiger partial charge < -0.3 is 15.5 Å². The molecule has 0 aliphatic heterocycles. The molecule has 2 atom stereocenters. The number of carbonyl (C=O) groups excluding carboxylic acids is 1. The molecule has 1 aliphatic rings. The third kappa shape index (κ3) is 8.55. The highest BCUT2D eigenvalue weighted by molar-refractivity contribution is 7.99. The van der Waals surface area contributed by atoms with Crippen molar-refractivity contribution >= 4 is 23.6 Å². The van der Waals surface area contributed by atoms with Gasteiger partial charge in [-0.2, -0.15) is 13.2 Å². The van der Waals surface area contributed by atoms with Crippen molar-refractivity contribution in [2.75, 3.05) is 32.9 Å². The molecule has 0 radical (unpaired) electrons. The number of amides is 1. The number of halogens is 3. The monoisotopic (exact) mass is 430 g/mol. The van der Waals surface area contributed by atoms with Gasteiger partial charge in [-0.15, -0.1) is 11.8 Å². The molecule has 9 heteroatoms. The van der Waals surface area contributed by atoms with Crippen molar-refractivity contribution in [1.82, 2.24) is 15.5 Å². The highest BCUT2D eigenvalue weighted by Crippen LogP contribution is 2.37. The Morgan fingerprint density at radius 1 is 1.24 bits per heavy atom. The number of likely N-dealkylation sites (N-methyl/N-ethyl adjacent to an activating group) is 1. The van der Waals surface area contributed by atoms with Gasteiger partial charge in [-0.1, -0.05) is 24.6 Å². The minimum Gasteiger partial charge on any atom is -0.356 e. The lowest BCUT2D eigenvalue weighted by Crippen LogP contribution is -2.47. The summed E-state index contributed by atoms with van der Waals surface area (Å²) in [5, 5.41) is 6.26. The van der Waals surface area contributed by atoms with Gasteiger partial charge in [-0.05, 0) is 31.4 Å². The molecule has 2 unspecified atom stereocenters. The number of aliphatic imine (C=N–C) groups is 1. The zero-order valence-electron chi connectivity index (χ0n) is 16.8. The summed E-state index contributed by atoms with van der Waals surface area (Å²) in [6.45, 7) is 0.528. The van der Waals surface area contributed by atoms with Crippen molar-refractivity contribution in [1.29, 1.82) is 0 Å². The van der Waals surface area contributed by atoms with E-state index in [1.807, 2.05) is 30.3 Å². The molecular formula is C20H29F3N4OS. The smallest absolute Gasteiger partial charge is 0.356 e. The number of nitrogens with zero attached hydrogens (tertiary/aromatic N) is 2. The zero-order chi connectivity index (χ0) is 21.3. The van der Waals surface area contributed by atoms with Gasteiger partial charge in [0, 0.05) is 37.3 Å². The second kappa shape index (κ2) is 11.3. The summed E-state index contributed by atoms with van der Waals surface area (Å²) in [4.78, 5) is 18.7. The molecular weight excluding hydrogens is 401 g/mol. The minimum absolute atomic E-state index is 0.0323. The summed E-state index contributed by atoms with van der Waals surface area (Å²) in [6, 6.07) is 9.63. The van der Waals surface area contributed by atoms with E-state index in [0.717, 1.165) is 10.6 Å². The number of guanidine groups is 1. The van der Waals surface area contributed by atoms with E-state index >= 15 is 0 Å². The molecule has 162 valence electrons. The summed E-state index contributed by atoms with van der Waals surface area (Å²) >= 11 is 1.67. The summed E-state index contributed by atoms with van der Waals surface area (Å²) in [5.41, 5.74) is 0. The molecule has 1 aliphatic carbocycles. The van der Waals surface area contributed by atoms with Crippen LogP contribution in [0.3, 0.4) is 0 Å². The number of nitrogens with one attached hydrogen (secondary N) is 2. The van der Waals surface area contributed by atoms with E-state index in [-0.39, 0.29) is 31.3 Å². The van der Waals surface area contributed by atoms with Crippen molar-refractivity contribution in [3.8, 4) is 0 Å². The Balaban J connectivity index is 1.91. The van der Waals surface area contributed by atoms with Crippen LogP contribution >= 0.6 is 11.8 Å². The molecule has 2 N–H and O–H groups in total. The maximum atomic E-state index is 13.1. The molecule has 5 nitrogen and oxygen atoms in total. The highest BCUT2D eigenvalue weighted by Gasteiger charge is 2.42. The molecule has 1 aromatic rings. The molecule has 0 saturated heterocycles. The van der Waals surface area contributed by atoms with Crippen LogP contribution in [0.5, 0.6) is 0 Å². The van der Waals surface area contributed by atoms with Crippen LogP contribution < -0.4 is 10.6 Å². The van der Waals surface area contributed by atoms with Gasteiger partial charge >= 0.3 is 6.18 Å². The average Bonchev–Trinajstić information content (AvgIpc) is 2.69. The summed E-state index contributed by atoms with van der Waals surface area (Å²) in [6.07, 6.45) is -2.78. The molecule has 1 aromatic carbocycles. The van der Waals surface area contributed by atoms with Gasteiger partial charge in [0.1, 0.15) is 6.54 Å². The molecule has 2 rings (SSSR count). The fourth-order valence-corrected chi connectivity index (χ4v) is 3.90. The first-order valence-corrected chi connectivity index (χ1v) is 10.7. The molecule has 0 spiro atoms. The van der Waals surface area contributed by atoms with Crippen LogP contribution in [0.2, 0.25) is 0 Å². The van der Waals surface area contributed by atoms with E-state index in [2.05, 4.69) is 15.6 Å². The number of carbonyl (C=O) groups is 1. The standard InChI is InChI=1S/C20H29F3N4OS/c1-27(2)18(28)14-25-19(24-11-12-29-17-9-4-3-5-10-17)26-16-8-6-7-15(13-16)20(21,22)23/h3-5,9-10,15-16H,6-8,11-14H2,1-2H3,(H2,24,25,26). The van der Waals surface area contributed by atoms with Gasteiger partial charge in [0.05, 0.1) is 5.92 Å². The minimum atomic E-state index is -4.17. The van der Waals surface area contributed by atoms with Crippen LogP contribution in [0.25, 0.3) is 0 Å². The molecule has 0 heterocycles. The Kier molecular flexibility index (Phi) is 9.13. The molecule has 1 fully saturated rings. The van der Waals surface area contributed by atoms with Crippen LogP contribution in [0.1, 0.15) is 25.7 Å². The van der Waals surface area contributed by atoms with Gasteiger partial charge in [0.25, 0.3) is 0 Å². The van der Waals surface area contributed by atoms with E-state index in [9.17, 15) is 18.0 Å². The first-order valence-electron chi connectivity index (χ1n) is 9.75. The molecule has 1 amide bonds. The van der Waals surface area contributed by atoms with E-state index < -0.39 is 12.1 Å². The predicted molar refractivity (Wildman–Crippen MR) is 111 cm³/mol. The van der Waals surface area contributed by atoms with Crippen LogP contribution in [-0.2, 0) is 4.79 Å². The average molecular weight is 431 g/mol. The number of hydrogen-bond donors (Lipinski definition) is 2. The zero-order valence-corrected chi connectivity index (χ0v) is 17.7. The van der Waals surface area contributed by atoms with Gasteiger partial charge in [0.2, 0.25) is 5.91 Å². The number of thioether (sulfide) groups is 1. The SMILES string of the molecule is CN(C)C(=O)CN=C(NCCSc1ccccc1)NC1CCCC(C(F)(F)F)C1. The lowest BCUT2D eigenvalue weighted by Gasteiger charge is -2.32. The van der Waals surface area contributed by atoms with Crippen molar-refractivity contribution in [2.45, 2.75) is 42.8 Å². The van der Waals surface area contributed by atoms with Crippen LogP contribution in [0, 0.1) is 5.92 Å². The maximum Gasteiger partial charge on any atom is 0.391 e. The quantitative estimate of drug-likeness (QED) is 0.301. The number of alkyl halides is 3. The normalized spacial score (nSPS) is 20.2. The van der Waals surface area contributed by atoms with Gasteiger partial charge in [0.15, 0.2) is 5.96 Å². The van der Waals surface area contributed by atoms with Crippen LogP contribution in [0.4, 0.5) is 13.2 Å².